The fraction of sp³-hybridized carbons (Fsp3) is 0.438. The lowest BCUT2D eigenvalue weighted by molar-refractivity contribution is -0.122. The number of aromatic nitrogens is 4. The van der Waals surface area contributed by atoms with Gasteiger partial charge in [-0.1, -0.05) is 0 Å². The van der Waals surface area contributed by atoms with Crippen LogP contribution in [0.5, 0.6) is 0 Å². The second-order valence-corrected chi connectivity index (χ2v) is 8.24. The highest BCUT2D eigenvalue weighted by Gasteiger charge is 2.45. The monoisotopic (exact) mass is 437 g/mol. The van der Waals surface area contributed by atoms with Gasteiger partial charge in [-0.05, 0) is 6.92 Å². The van der Waals surface area contributed by atoms with E-state index in [2.05, 4.69) is 20.8 Å². The number of hydrogen-bond acceptors (Lipinski definition) is 9. The van der Waals surface area contributed by atoms with Gasteiger partial charge in [0.15, 0.2) is 0 Å². The summed E-state index contributed by atoms with van der Waals surface area (Å²) in [4.78, 5) is 48.5. The minimum atomic E-state index is -0.901. The predicted octanol–water partition coefficient (Wildman–Crippen LogP) is -2.60. The van der Waals surface area contributed by atoms with Gasteiger partial charge in [-0.15, -0.1) is 11.8 Å². The van der Waals surface area contributed by atoms with Gasteiger partial charge in [0, 0.05) is 24.1 Å². The summed E-state index contributed by atoms with van der Waals surface area (Å²) in [5.41, 5.74) is 16.2. The van der Waals surface area contributed by atoms with Gasteiger partial charge in [-0.3, -0.25) is 24.0 Å². The molecule has 14 heteroatoms. The lowest BCUT2D eigenvalue weighted by atomic mass is 10.1. The van der Waals surface area contributed by atoms with Crippen LogP contribution in [-0.4, -0.2) is 48.6 Å². The average molecular weight is 437 g/mol. The van der Waals surface area contributed by atoms with E-state index in [0.717, 1.165) is 10.1 Å². The number of carbonyl (C=O) groups excluding carboxylic acids is 2. The normalized spacial score (nSPS) is 19.7. The first-order valence-electron chi connectivity index (χ1n) is 8.96. The molecule has 30 heavy (non-hydrogen) atoms. The first-order valence-corrected chi connectivity index (χ1v) is 9.90. The molecule has 0 bridgehead atoms. The molecular formula is C16H23N9O4S. The minimum Gasteiger partial charge on any atom is -0.383 e. The molecule has 3 heterocycles. The number of nitrogens with one attached hydrogen (secondary N) is 3. The van der Waals surface area contributed by atoms with Gasteiger partial charge in [-0.25, -0.2) is 9.36 Å². The highest BCUT2D eigenvalue weighted by molar-refractivity contribution is 8.07. The minimum absolute atomic E-state index is 0.00541. The van der Waals surface area contributed by atoms with Crippen LogP contribution in [0, 0.1) is 0 Å². The summed E-state index contributed by atoms with van der Waals surface area (Å²) in [5.74, 6) is -1.50. The summed E-state index contributed by atoms with van der Waals surface area (Å²) >= 11 is 1.60. The number of rotatable bonds is 8. The fourth-order valence-electron chi connectivity index (χ4n) is 2.95. The maximum absolute atomic E-state index is 12.6. The van der Waals surface area contributed by atoms with E-state index in [4.69, 9.17) is 17.2 Å². The number of carbonyl (C=O) groups is 2. The molecule has 9 N–H and O–H groups in total. The molecule has 0 aliphatic carbocycles. The maximum atomic E-state index is 12.6. The molecule has 1 aliphatic rings. The number of thioether (sulfide) groups is 1. The molecule has 0 saturated carbocycles. The zero-order chi connectivity index (χ0) is 22.2. The molecule has 13 nitrogen and oxygen atoms in total. The van der Waals surface area contributed by atoms with Crippen LogP contribution in [0.1, 0.15) is 17.7 Å². The van der Waals surface area contributed by atoms with E-state index in [1.165, 1.54) is 14.0 Å². The molecular weight excluding hydrogens is 414 g/mol. The molecule has 0 aromatic carbocycles. The zero-order valence-corrected chi connectivity index (χ0v) is 17.1. The van der Waals surface area contributed by atoms with Crippen LogP contribution in [-0.2, 0) is 23.2 Å². The molecule has 1 aliphatic heterocycles. The Labute approximate surface area is 174 Å². The van der Waals surface area contributed by atoms with Crippen molar-refractivity contribution in [1.82, 2.24) is 24.6 Å². The van der Waals surface area contributed by atoms with Crippen molar-refractivity contribution in [3.8, 4) is 0 Å². The Hall–Kier alpha value is -3.26. The molecule has 0 radical (unpaired) electrons. The number of primary amides is 1. The van der Waals surface area contributed by atoms with E-state index in [1.807, 2.05) is 0 Å². The molecule has 1 saturated heterocycles. The van der Waals surface area contributed by atoms with E-state index < -0.39 is 41.8 Å². The van der Waals surface area contributed by atoms with E-state index in [1.54, 1.807) is 24.2 Å². The van der Waals surface area contributed by atoms with Crippen LogP contribution < -0.4 is 39.1 Å². The largest absolute Gasteiger partial charge is 0.383 e. The van der Waals surface area contributed by atoms with Crippen molar-refractivity contribution in [1.29, 1.82) is 0 Å². The number of H-pyrrole nitrogens is 1. The van der Waals surface area contributed by atoms with Gasteiger partial charge in [-0.2, -0.15) is 5.10 Å². The average Bonchev–Trinajstić information content (AvgIpc) is 3.31. The summed E-state index contributed by atoms with van der Waals surface area (Å²) in [7, 11) is 1.33. The summed E-state index contributed by atoms with van der Waals surface area (Å²) in [6.07, 6.45) is 2.86. The van der Waals surface area contributed by atoms with Gasteiger partial charge in [0.05, 0.1) is 17.6 Å². The smallest absolute Gasteiger partial charge is 0.332 e. The summed E-state index contributed by atoms with van der Waals surface area (Å²) in [5, 5.41) is 12.2. The summed E-state index contributed by atoms with van der Waals surface area (Å²) in [6, 6.07) is -0.901. The number of nitrogen functional groups attached to an aromatic ring is 1. The van der Waals surface area contributed by atoms with Crippen molar-refractivity contribution in [2.75, 3.05) is 11.1 Å². The topological polar surface area (TPSA) is 209 Å². The SMILES string of the molecule is C[C@H](Nc1c(N)n(C)c(=O)n(CC(N)=O)c1=O)C(=O)NC(N)C1S[C@@H]1c1cn[nH]c1. The van der Waals surface area contributed by atoms with Crippen LogP contribution in [0.15, 0.2) is 22.0 Å². The third-order valence-corrected chi connectivity index (χ3v) is 6.12. The standard InChI is InChI=1S/C16H23N9O4S/c1-6(14(27)23-12(18)11-10(30-11)7-3-20-21-4-7)22-9-13(19)24(2)16(29)25(15(9)28)5-8(17)26/h3-4,6,10-12,22H,5,18-19H2,1-2H3,(H2,17,26)(H,20,21)(H,23,27)/t6-,10+,11?,12?/m0/s1. The second kappa shape index (κ2) is 8.23. The lowest BCUT2D eigenvalue weighted by Crippen LogP contribution is -2.51. The number of nitrogens with two attached hydrogens (primary N) is 3. The Morgan fingerprint density at radius 1 is 1.40 bits per heavy atom. The van der Waals surface area contributed by atoms with Crippen molar-refractivity contribution in [2.24, 2.45) is 18.5 Å². The Morgan fingerprint density at radius 3 is 2.70 bits per heavy atom. The molecule has 2 unspecified atom stereocenters. The first kappa shape index (κ1) is 21.4. The highest BCUT2D eigenvalue weighted by atomic mass is 32.2. The summed E-state index contributed by atoms with van der Waals surface area (Å²) in [6.45, 7) is 0.901. The Morgan fingerprint density at radius 2 is 2.10 bits per heavy atom. The van der Waals surface area contributed by atoms with Crippen molar-refractivity contribution in [3.05, 3.63) is 38.8 Å². The number of amides is 2. The van der Waals surface area contributed by atoms with Crippen molar-refractivity contribution in [3.63, 3.8) is 0 Å². The first-order chi connectivity index (χ1) is 14.1. The third-order valence-electron chi connectivity index (χ3n) is 4.70. The van der Waals surface area contributed by atoms with Gasteiger partial charge >= 0.3 is 5.69 Å². The number of anilines is 2. The van der Waals surface area contributed by atoms with Crippen LogP contribution >= 0.6 is 11.8 Å². The van der Waals surface area contributed by atoms with Gasteiger partial charge < -0.3 is 27.8 Å². The van der Waals surface area contributed by atoms with E-state index in [9.17, 15) is 19.2 Å². The maximum Gasteiger partial charge on any atom is 0.332 e. The molecule has 2 amide bonds. The van der Waals surface area contributed by atoms with Crippen molar-refractivity contribution >= 4 is 35.1 Å². The van der Waals surface area contributed by atoms with Gasteiger partial charge in [0.25, 0.3) is 5.56 Å². The van der Waals surface area contributed by atoms with Crippen LogP contribution in [0.3, 0.4) is 0 Å². The number of nitrogens with zero attached hydrogens (tertiary/aromatic N) is 3. The molecule has 0 spiro atoms. The van der Waals surface area contributed by atoms with Gasteiger partial charge in [0.1, 0.15) is 24.1 Å². The van der Waals surface area contributed by atoms with Gasteiger partial charge in [0.2, 0.25) is 11.8 Å². The number of aromatic amines is 1. The quantitative estimate of drug-likeness (QED) is 0.188. The van der Waals surface area contributed by atoms with Crippen molar-refractivity contribution in [2.45, 2.75) is 36.2 Å². The molecule has 4 atom stereocenters. The van der Waals surface area contributed by atoms with Crippen molar-refractivity contribution < 1.29 is 9.59 Å². The van der Waals surface area contributed by atoms with E-state index in [0.29, 0.717) is 4.57 Å². The molecule has 2 aromatic rings. The predicted molar refractivity (Wildman–Crippen MR) is 111 cm³/mol. The van der Waals surface area contributed by atoms with Crippen LogP contribution in [0.2, 0.25) is 0 Å². The second-order valence-electron chi connectivity index (χ2n) is 6.91. The van der Waals surface area contributed by atoms with Crippen LogP contribution in [0.25, 0.3) is 0 Å². The Balaban J connectivity index is 1.71. The van der Waals surface area contributed by atoms with E-state index in [-0.39, 0.29) is 22.0 Å². The molecule has 3 rings (SSSR count). The van der Waals surface area contributed by atoms with E-state index >= 15 is 0 Å². The Kier molecular flexibility index (Phi) is 5.89. The zero-order valence-electron chi connectivity index (χ0n) is 16.3. The molecule has 162 valence electrons. The Bertz CT molecular complexity index is 1080. The molecule has 2 aromatic heterocycles. The fourth-order valence-corrected chi connectivity index (χ4v) is 4.05. The third kappa shape index (κ3) is 4.18. The number of hydrogen-bond donors (Lipinski definition) is 6. The van der Waals surface area contributed by atoms with Crippen LogP contribution in [0.4, 0.5) is 11.5 Å². The lowest BCUT2D eigenvalue weighted by Gasteiger charge is -2.20. The summed E-state index contributed by atoms with van der Waals surface area (Å²) < 4.78 is 1.63. The highest BCUT2D eigenvalue weighted by Crippen LogP contribution is 2.55. The molecule has 1 fully saturated rings.